The van der Waals surface area contributed by atoms with Gasteiger partial charge in [-0.1, -0.05) is 6.07 Å². The van der Waals surface area contributed by atoms with Crippen molar-refractivity contribution in [2.75, 3.05) is 46.9 Å². The Morgan fingerprint density at radius 1 is 1.24 bits per heavy atom. The van der Waals surface area contributed by atoms with Crippen LogP contribution >= 0.6 is 0 Å². The fraction of sp³-hybridized carbons (Fsp3) is 0.533. The van der Waals surface area contributed by atoms with Gasteiger partial charge in [0.2, 0.25) is 0 Å². The van der Waals surface area contributed by atoms with E-state index in [9.17, 15) is 4.79 Å². The molecule has 2 amide bonds. The number of likely N-dealkylation sites (N-methyl/N-ethyl adjacent to an activating group) is 2. The molecule has 1 fully saturated rings. The minimum Gasteiger partial charge on any atom is -0.486 e. The molecular formula is C15H21N3O3. The van der Waals surface area contributed by atoms with Gasteiger partial charge in [-0.2, -0.15) is 0 Å². The highest BCUT2D eigenvalue weighted by molar-refractivity contribution is 5.76. The summed E-state index contributed by atoms with van der Waals surface area (Å²) in [5.41, 5.74) is 1.10. The Balaban J connectivity index is 1.75. The van der Waals surface area contributed by atoms with E-state index in [-0.39, 0.29) is 12.1 Å². The average molecular weight is 291 g/mol. The third-order valence-electron chi connectivity index (χ3n) is 4.02. The number of fused-ring (bicyclic) bond motifs is 1. The molecule has 21 heavy (non-hydrogen) atoms. The van der Waals surface area contributed by atoms with Crippen LogP contribution in [0, 0.1) is 0 Å². The maximum absolute atomic E-state index is 12.0. The molecule has 1 unspecified atom stereocenters. The van der Waals surface area contributed by atoms with Crippen molar-refractivity contribution in [1.29, 1.82) is 0 Å². The smallest absolute Gasteiger partial charge is 0.319 e. The van der Waals surface area contributed by atoms with Gasteiger partial charge in [0.25, 0.3) is 0 Å². The largest absolute Gasteiger partial charge is 0.486 e. The van der Waals surface area contributed by atoms with Gasteiger partial charge in [-0.05, 0) is 24.7 Å². The highest BCUT2D eigenvalue weighted by Gasteiger charge is 2.28. The number of carbonyl (C=O) groups is 1. The molecule has 1 N–H and O–H groups in total. The molecule has 0 spiro atoms. The monoisotopic (exact) mass is 291 g/mol. The van der Waals surface area contributed by atoms with Crippen molar-refractivity contribution in [2.24, 2.45) is 0 Å². The van der Waals surface area contributed by atoms with E-state index in [0.29, 0.717) is 19.8 Å². The topological polar surface area (TPSA) is 54.0 Å². The summed E-state index contributed by atoms with van der Waals surface area (Å²) in [4.78, 5) is 15.6. The van der Waals surface area contributed by atoms with Gasteiger partial charge in [0.15, 0.2) is 11.5 Å². The summed E-state index contributed by atoms with van der Waals surface area (Å²) in [6.45, 7) is 3.39. The third-order valence-corrected chi connectivity index (χ3v) is 4.02. The molecule has 6 heteroatoms. The minimum atomic E-state index is 0.0799. The first-order chi connectivity index (χ1) is 10.2. The number of rotatable bonds is 4. The lowest BCUT2D eigenvalue weighted by molar-refractivity contribution is 0.171. The van der Waals surface area contributed by atoms with Gasteiger partial charge in [0.1, 0.15) is 13.2 Å². The van der Waals surface area contributed by atoms with Crippen molar-refractivity contribution in [3.8, 4) is 11.5 Å². The van der Waals surface area contributed by atoms with E-state index < -0.39 is 0 Å². The zero-order valence-electron chi connectivity index (χ0n) is 12.5. The predicted octanol–water partition coefficient (Wildman–Crippen LogP) is 1.09. The van der Waals surface area contributed by atoms with Crippen LogP contribution in [0.25, 0.3) is 0 Å². The number of urea groups is 1. The Hall–Kier alpha value is -1.95. The Kier molecular flexibility index (Phi) is 3.88. The number of carbonyl (C=O) groups excluding carboxylic acids is 1. The van der Waals surface area contributed by atoms with E-state index in [1.54, 1.807) is 4.90 Å². The SMILES string of the molecule is CNC(CN1CCN(C)C1=O)c1ccc2c(c1)OCCO2. The standard InChI is InChI=1S/C15H21N3O3/c1-16-12(10-18-6-5-17(2)15(18)19)11-3-4-13-14(9-11)21-8-7-20-13/h3-4,9,12,16H,5-8,10H2,1-2H3. The maximum Gasteiger partial charge on any atom is 0.319 e. The van der Waals surface area contributed by atoms with Crippen LogP contribution in [0.2, 0.25) is 0 Å². The number of benzene rings is 1. The summed E-state index contributed by atoms with van der Waals surface area (Å²) < 4.78 is 11.2. The second-order valence-corrected chi connectivity index (χ2v) is 5.39. The molecule has 114 valence electrons. The Bertz CT molecular complexity index is 535. The van der Waals surface area contributed by atoms with Crippen LogP contribution < -0.4 is 14.8 Å². The maximum atomic E-state index is 12.0. The molecule has 0 saturated carbocycles. The fourth-order valence-electron chi connectivity index (χ4n) is 2.73. The molecule has 0 bridgehead atoms. The molecule has 1 aromatic carbocycles. The summed E-state index contributed by atoms with van der Waals surface area (Å²) in [7, 11) is 3.74. The minimum absolute atomic E-state index is 0.0799. The zero-order chi connectivity index (χ0) is 14.8. The molecular weight excluding hydrogens is 270 g/mol. The highest BCUT2D eigenvalue weighted by Crippen LogP contribution is 2.32. The number of nitrogens with zero attached hydrogens (tertiary/aromatic N) is 2. The van der Waals surface area contributed by atoms with Crippen LogP contribution in [0.4, 0.5) is 4.79 Å². The summed E-state index contributed by atoms with van der Waals surface area (Å²) in [5, 5.41) is 3.28. The van der Waals surface area contributed by atoms with E-state index in [4.69, 9.17) is 9.47 Å². The van der Waals surface area contributed by atoms with Crippen LogP contribution in [0.15, 0.2) is 18.2 Å². The Morgan fingerprint density at radius 2 is 2.00 bits per heavy atom. The quantitative estimate of drug-likeness (QED) is 0.902. The average Bonchev–Trinajstić information content (AvgIpc) is 2.84. The molecule has 2 aliphatic heterocycles. The van der Waals surface area contributed by atoms with Gasteiger partial charge < -0.3 is 24.6 Å². The van der Waals surface area contributed by atoms with E-state index in [0.717, 1.165) is 30.2 Å². The summed E-state index contributed by atoms with van der Waals surface area (Å²) in [6, 6.07) is 6.13. The first-order valence-electron chi connectivity index (χ1n) is 7.26. The molecule has 2 aliphatic rings. The fourth-order valence-corrected chi connectivity index (χ4v) is 2.73. The summed E-state index contributed by atoms with van der Waals surface area (Å²) >= 11 is 0. The molecule has 1 saturated heterocycles. The van der Waals surface area contributed by atoms with Crippen LogP contribution in [0.5, 0.6) is 11.5 Å². The van der Waals surface area contributed by atoms with Crippen molar-refractivity contribution >= 4 is 6.03 Å². The number of nitrogens with one attached hydrogen (secondary N) is 1. The van der Waals surface area contributed by atoms with E-state index in [2.05, 4.69) is 5.32 Å². The van der Waals surface area contributed by atoms with Crippen LogP contribution in [-0.2, 0) is 0 Å². The Labute approximate surface area is 124 Å². The van der Waals surface area contributed by atoms with Gasteiger partial charge in [0, 0.05) is 32.7 Å². The first kappa shape index (κ1) is 14.0. The van der Waals surface area contributed by atoms with Crippen molar-refractivity contribution in [1.82, 2.24) is 15.1 Å². The van der Waals surface area contributed by atoms with Crippen molar-refractivity contribution in [3.63, 3.8) is 0 Å². The van der Waals surface area contributed by atoms with Crippen LogP contribution in [0.1, 0.15) is 11.6 Å². The molecule has 1 atom stereocenters. The van der Waals surface area contributed by atoms with E-state index in [1.165, 1.54) is 0 Å². The second-order valence-electron chi connectivity index (χ2n) is 5.39. The normalized spacial score (nSPS) is 19.0. The molecule has 2 heterocycles. The van der Waals surface area contributed by atoms with Crippen molar-refractivity contribution < 1.29 is 14.3 Å². The molecule has 6 nitrogen and oxygen atoms in total. The number of hydrogen-bond donors (Lipinski definition) is 1. The van der Waals surface area contributed by atoms with Gasteiger partial charge >= 0.3 is 6.03 Å². The summed E-state index contributed by atoms with van der Waals surface area (Å²) in [6.07, 6.45) is 0. The van der Waals surface area contributed by atoms with Gasteiger partial charge in [-0.15, -0.1) is 0 Å². The molecule has 0 aromatic heterocycles. The third kappa shape index (κ3) is 2.76. The predicted molar refractivity (Wildman–Crippen MR) is 78.8 cm³/mol. The van der Waals surface area contributed by atoms with Gasteiger partial charge in [0.05, 0.1) is 0 Å². The van der Waals surface area contributed by atoms with Crippen LogP contribution in [0.3, 0.4) is 0 Å². The highest BCUT2D eigenvalue weighted by atomic mass is 16.6. The number of hydrogen-bond acceptors (Lipinski definition) is 4. The lowest BCUT2D eigenvalue weighted by Gasteiger charge is -2.25. The first-order valence-corrected chi connectivity index (χ1v) is 7.26. The lowest BCUT2D eigenvalue weighted by Crippen LogP contribution is -2.36. The van der Waals surface area contributed by atoms with Crippen LogP contribution in [-0.4, -0.2) is 62.8 Å². The lowest BCUT2D eigenvalue weighted by atomic mass is 10.1. The van der Waals surface area contributed by atoms with Gasteiger partial charge in [-0.25, -0.2) is 4.79 Å². The molecule has 1 aromatic rings. The van der Waals surface area contributed by atoms with Gasteiger partial charge in [-0.3, -0.25) is 0 Å². The molecule has 0 aliphatic carbocycles. The zero-order valence-corrected chi connectivity index (χ0v) is 12.5. The Morgan fingerprint density at radius 3 is 2.67 bits per heavy atom. The number of ether oxygens (including phenoxy) is 2. The molecule has 3 rings (SSSR count). The molecule has 0 radical (unpaired) electrons. The van der Waals surface area contributed by atoms with E-state index >= 15 is 0 Å². The summed E-state index contributed by atoms with van der Waals surface area (Å²) in [5.74, 6) is 1.57. The second kappa shape index (κ2) is 5.81. The van der Waals surface area contributed by atoms with Crippen molar-refractivity contribution in [2.45, 2.75) is 6.04 Å². The number of amides is 2. The van der Waals surface area contributed by atoms with Crippen molar-refractivity contribution in [3.05, 3.63) is 23.8 Å². The van der Waals surface area contributed by atoms with E-state index in [1.807, 2.05) is 37.2 Å².